The number of carbonyl (C=O) groups excluding carboxylic acids is 1. The van der Waals surface area contributed by atoms with Crippen molar-refractivity contribution in [2.24, 2.45) is 5.92 Å². The Morgan fingerprint density at radius 1 is 1.40 bits per heavy atom. The van der Waals surface area contributed by atoms with E-state index in [2.05, 4.69) is 17.2 Å². The molecule has 4 unspecified atom stereocenters. The molecule has 4 atom stereocenters. The van der Waals surface area contributed by atoms with E-state index in [1.165, 1.54) is 0 Å². The SMILES string of the molecule is CCOC1C(C)CC(c2ccncc2N)CC1NC(=O)OC(C)(C)C. The van der Waals surface area contributed by atoms with Gasteiger partial charge in [-0.2, -0.15) is 0 Å². The van der Waals surface area contributed by atoms with Crippen molar-refractivity contribution in [3.8, 4) is 0 Å². The zero-order valence-corrected chi connectivity index (χ0v) is 15.9. The van der Waals surface area contributed by atoms with Crippen LogP contribution in [0.15, 0.2) is 18.5 Å². The maximum Gasteiger partial charge on any atom is 0.407 e. The van der Waals surface area contributed by atoms with Crippen LogP contribution in [-0.4, -0.2) is 35.4 Å². The van der Waals surface area contributed by atoms with Crippen molar-refractivity contribution in [3.63, 3.8) is 0 Å². The molecule has 0 radical (unpaired) electrons. The Labute approximate surface area is 150 Å². The lowest BCUT2D eigenvalue weighted by atomic mass is 9.74. The van der Waals surface area contributed by atoms with E-state index in [0.717, 1.165) is 18.4 Å². The average Bonchev–Trinajstić information content (AvgIpc) is 2.49. The summed E-state index contributed by atoms with van der Waals surface area (Å²) in [5, 5.41) is 3.02. The number of nitrogens with two attached hydrogens (primary N) is 1. The van der Waals surface area contributed by atoms with Crippen LogP contribution in [0, 0.1) is 5.92 Å². The highest BCUT2D eigenvalue weighted by Crippen LogP contribution is 2.39. The lowest BCUT2D eigenvalue weighted by Gasteiger charge is -2.41. The van der Waals surface area contributed by atoms with Gasteiger partial charge in [-0.25, -0.2) is 4.79 Å². The first-order valence-corrected chi connectivity index (χ1v) is 9.01. The molecule has 140 valence electrons. The molecule has 0 bridgehead atoms. The second-order valence-electron chi connectivity index (χ2n) is 7.82. The number of amides is 1. The highest BCUT2D eigenvalue weighted by molar-refractivity contribution is 5.68. The van der Waals surface area contributed by atoms with Gasteiger partial charge < -0.3 is 20.5 Å². The van der Waals surface area contributed by atoms with Gasteiger partial charge in [0.1, 0.15) is 5.60 Å². The summed E-state index contributed by atoms with van der Waals surface area (Å²) in [4.78, 5) is 16.3. The first kappa shape index (κ1) is 19.5. The molecule has 1 saturated carbocycles. The number of anilines is 1. The zero-order chi connectivity index (χ0) is 18.6. The number of alkyl carbamates (subject to hydrolysis) is 1. The number of hydrogen-bond acceptors (Lipinski definition) is 5. The summed E-state index contributed by atoms with van der Waals surface area (Å²) in [5.41, 5.74) is 7.38. The van der Waals surface area contributed by atoms with Crippen molar-refractivity contribution < 1.29 is 14.3 Å². The van der Waals surface area contributed by atoms with Crippen molar-refractivity contribution in [3.05, 3.63) is 24.0 Å². The molecule has 6 heteroatoms. The summed E-state index contributed by atoms with van der Waals surface area (Å²) in [6.07, 6.45) is 4.75. The number of nitrogens with one attached hydrogen (secondary N) is 1. The van der Waals surface area contributed by atoms with E-state index in [4.69, 9.17) is 15.2 Å². The van der Waals surface area contributed by atoms with Crippen LogP contribution < -0.4 is 11.1 Å². The Kier molecular flexibility index (Phi) is 6.27. The fourth-order valence-electron chi connectivity index (χ4n) is 3.63. The van der Waals surface area contributed by atoms with Crippen molar-refractivity contribution in [1.29, 1.82) is 0 Å². The summed E-state index contributed by atoms with van der Waals surface area (Å²) in [6, 6.07) is 1.86. The van der Waals surface area contributed by atoms with Crippen LogP contribution in [0.1, 0.15) is 58.9 Å². The Bertz CT molecular complexity index is 586. The molecule has 1 aromatic rings. The number of rotatable bonds is 4. The molecule has 0 aromatic carbocycles. The molecule has 1 fully saturated rings. The monoisotopic (exact) mass is 349 g/mol. The summed E-state index contributed by atoms with van der Waals surface area (Å²) < 4.78 is 11.4. The molecule has 0 saturated heterocycles. The van der Waals surface area contributed by atoms with Gasteiger partial charge in [-0.1, -0.05) is 6.92 Å². The van der Waals surface area contributed by atoms with Crippen LogP contribution in [0.4, 0.5) is 10.5 Å². The van der Waals surface area contributed by atoms with Gasteiger partial charge in [0.05, 0.1) is 24.0 Å². The Morgan fingerprint density at radius 2 is 2.12 bits per heavy atom. The molecule has 25 heavy (non-hydrogen) atoms. The van der Waals surface area contributed by atoms with Crippen molar-refractivity contribution in [1.82, 2.24) is 10.3 Å². The first-order valence-electron chi connectivity index (χ1n) is 9.01. The van der Waals surface area contributed by atoms with Crippen molar-refractivity contribution in [2.75, 3.05) is 12.3 Å². The fraction of sp³-hybridized carbons (Fsp3) is 0.684. The summed E-state index contributed by atoms with van der Waals surface area (Å²) >= 11 is 0. The summed E-state index contributed by atoms with van der Waals surface area (Å²) in [6.45, 7) is 10.3. The van der Waals surface area contributed by atoms with Gasteiger partial charge in [-0.05, 0) is 64.0 Å². The summed E-state index contributed by atoms with van der Waals surface area (Å²) in [7, 11) is 0. The smallest absolute Gasteiger partial charge is 0.407 e. The van der Waals surface area contributed by atoms with E-state index >= 15 is 0 Å². The predicted octanol–water partition coefficient (Wildman–Crippen LogP) is 3.48. The van der Waals surface area contributed by atoms with Crippen LogP contribution in [-0.2, 0) is 9.47 Å². The van der Waals surface area contributed by atoms with Crippen LogP contribution in [0.5, 0.6) is 0 Å². The van der Waals surface area contributed by atoms with E-state index in [1.807, 2.05) is 33.8 Å². The minimum Gasteiger partial charge on any atom is -0.444 e. The first-order chi connectivity index (χ1) is 11.7. The molecule has 1 aliphatic carbocycles. The molecular weight excluding hydrogens is 318 g/mol. The number of ether oxygens (including phenoxy) is 2. The Morgan fingerprint density at radius 3 is 2.72 bits per heavy atom. The molecular formula is C19H31N3O3. The van der Waals surface area contributed by atoms with E-state index < -0.39 is 11.7 Å². The molecule has 2 rings (SSSR count). The maximum absolute atomic E-state index is 12.3. The van der Waals surface area contributed by atoms with Crippen LogP contribution in [0.3, 0.4) is 0 Å². The Balaban J connectivity index is 2.17. The Hall–Kier alpha value is -1.82. The van der Waals surface area contributed by atoms with Gasteiger partial charge in [0.15, 0.2) is 0 Å². The minimum atomic E-state index is -0.527. The van der Waals surface area contributed by atoms with Gasteiger partial charge in [-0.3, -0.25) is 4.98 Å². The standard InChI is InChI=1S/C19H31N3O3/c1-6-24-17-12(2)9-13(14-7-8-21-11-15(14)20)10-16(17)22-18(23)25-19(3,4)5/h7-8,11-13,16-17H,6,9-10,20H2,1-5H3,(H,22,23). The summed E-state index contributed by atoms with van der Waals surface area (Å²) in [5.74, 6) is 0.556. The molecule has 6 nitrogen and oxygen atoms in total. The van der Waals surface area contributed by atoms with E-state index in [9.17, 15) is 4.79 Å². The van der Waals surface area contributed by atoms with E-state index in [1.54, 1.807) is 12.4 Å². The minimum absolute atomic E-state index is 0.0307. The zero-order valence-electron chi connectivity index (χ0n) is 15.9. The lowest BCUT2D eigenvalue weighted by molar-refractivity contribution is -0.0296. The van der Waals surface area contributed by atoms with E-state index in [0.29, 0.717) is 18.2 Å². The third-order valence-electron chi connectivity index (χ3n) is 4.54. The predicted molar refractivity (Wildman–Crippen MR) is 98.4 cm³/mol. The largest absolute Gasteiger partial charge is 0.444 e. The molecule has 1 aromatic heterocycles. The lowest BCUT2D eigenvalue weighted by Crippen LogP contribution is -2.52. The van der Waals surface area contributed by atoms with Crippen LogP contribution in [0.2, 0.25) is 0 Å². The van der Waals surface area contributed by atoms with Gasteiger partial charge in [0, 0.05) is 12.8 Å². The maximum atomic E-state index is 12.3. The normalized spacial score (nSPS) is 26.9. The van der Waals surface area contributed by atoms with Crippen molar-refractivity contribution >= 4 is 11.8 Å². The highest BCUT2D eigenvalue weighted by atomic mass is 16.6. The second-order valence-corrected chi connectivity index (χ2v) is 7.82. The molecule has 1 amide bonds. The van der Waals surface area contributed by atoms with Crippen molar-refractivity contribution in [2.45, 2.75) is 71.1 Å². The number of nitrogens with zero attached hydrogens (tertiary/aromatic N) is 1. The molecule has 1 aliphatic rings. The second kappa shape index (κ2) is 8.04. The van der Waals surface area contributed by atoms with Gasteiger partial charge in [0.25, 0.3) is 0 Å². The van der Waals surface area contributed by atoms with Gasteiger partial charge in [-0.15, -0.1) is 0 Å². The molecule has 0 spiro atoms. The quantitative estimate of drug-likeness (QED) is 0.869. The topological polar surface area (TPSA) is 86.5 Å². The number of hydrogen-bond donors (Lipinski definition) is 2. The van der Waals surface area contributed by atoms with Crippen LogP contribution >= 0.6 is 0 Å². The average molecular weight is 349 g/mol. The number of nitrogen functional groups attached to an aromatic ring is 1. The third-order valence-corrected chi connectivity index (χ3v) is 4.54. The van der Waals surface area contributed by atoms with Gasteiger partial charge >= 0.3 is 6.09 Å². The molecule has 3 N–H and O–H groups in total. The highest BCUT2D eigenvalue weighted by Gasteiger charge is 2.38. The molecule has 1 heterocycles. The number of aromatic nitrogens is 1. The fourth-order valence-corrected chi connectivity index (χ4v) is 3.63. The van der Waals surface area contributed by atoms with Crippen LogP contribution in [0.25, 0.3) is 0 Å². The van der Waals surface area contributed by atoms with Gasteiger partial charge in [0.2, 0.25) is 0 Å². The third kappa shape index (κ3) is 5.33. The number of pyridine rings is 1. The van der Waals surface area contributed by atoms with E-state index in [-0.39, 0.29) is 18.1 Å². The number of carbonyl (C=O) groups is 1. The molecule has 0 aliphatic heterocycles.